The summed E-state index contributed by atoms with van der Waals surface area (Å²) >= 11 is 0. The molecule has 144 valence electrons. The molecule has 2 aliphatic rings. The Morgan fingerprint density at radius 2 is 1.96 bits per heavy atom. The molecular weight excluding hydrogens is 348 g/mol. The number of hydrogen-bond donors (Lipinski definition) is 1. The zero-order valence-electron chi connectivity index (χ0n) is 15.4. The predicted octanol–water partition coefficient (Wildman–Crippen LogP) is 3.60. The third-order valence-corrected chi connectivity index (χ3v) is 5.37. The highest BCUT2D eigenvalue weighted by atomic mass is 16.6. The molecule has 1 saturated carbocycles. The lowest BCUT2D eigenvalue weighted by Gasteiger charge is -2.27. The molecule has 1 aliphatic heterocycles. The molecule has 0 spiro atoms. The summed E-state index contributed by atoms with van der Waals surface area (Å²) in [7, 11) is 0. The van der Waals surface area contributed by atoms with Gasteiger partial charge in [0.25, 0.3) is 5.69 Å². The number of para-hydroxylation sites is 1. The maximum atomic E-state index is 12.8. The standard InChI is InChI=1S/C20H24N2O5/c1-13-19(20(24)27-12-14-7-3-2-4-8-14)16(11-18(23)21-13)15-9-5-6-10-17(15)22(25)26/h5-6,9-10,14,16H,2-4,7-8,11-12H2,1H3,(H,21,23). The number of hydrogen-bond acceptors (Lipinski definition) is 5. The first-order chi connectivity index (χ1) is 13.0. The molecule has 1 aromatic carbocycles. The second-order valence-electron chi connectivity index (χ2n) is 7.26. The molecule has 0 radical (unpaired) electrons. The molecule has 1 N–H and O–H groups in total. The molecule has 0 saturated heterocycles. The van der Waals surface area contributed by atoms with Crippen molar-refractivity contribution in [3.63, 3.8) is 0 Å². The van der Waals surface area contributed by atoms with E-state index in [4.69, 9.17) is 4.74 Å². The largest absolute Gasteiger partial charge is 0.462 e. The van der Waals surface area contributed by atoms with Crippen molar-refractivity contribution in [1.82, 2.24) is 5.32 Å². The second kappa shape index (κ2) is 8.33. The molecule has 1 aromatic rings. The van der Waals surface area contributed by atoms with Gasteiger partial charge in [-0.15, -0.1) is 0 Å². The molecule has 1 aliphatic carbocycles. The normalized spacial score (nSPS) is 20.9. The van der Waals surface area contributed by atoms with Crippen molar-refractivity contribution in [1.29, 1.82) is 0 Å². The Kier molecular flexibility index (Phi) is 5.88. The van der Waals surface area contributed by atoms with Crippen molar-refractivity contribution >= 4 is 17.6 Å². The summed E-state index contributed by atoms with van der Waals surface area (Å²) < 4.78 is 5.56. The zero-order valence-corrected chi connectivity index (χ0v) is 15.4. The van der Waals surface area contributed by atoms with E-state index in [1.54, 1.807) is 25.1 Å². The Morgan fingerprint density at radius 1 is 1.26 bits per heavy atom. The van der Waals surface area contributed by atoms with E-state index in [0.717, 1.165) is 25.7 Å². The lowest BCUT2D eigenvalue weighted by molar-refractivity contribution is -0.385. The lowest BCUT2D eigenvalue weighted by Crippen LogP contribution is -2.34. The minimum atomic E-state index is -0.681. The van der Waals surface area contributed by atoms with Crippen LogP contribution < -0.4 is 5.32 Å². The van der Waals surface area contributed by atoms with Gasteiger partial charge in [-0.1, -0.05) is 37.5 Å². The number of nitrogens with zero attached hydrogens (tertiary/aromatic N) is 1. The van der Waals surface area contributed by atoms with Gasteiger partial charge in [-0.3, -0.25) is 14.9 Å². The third kappa shape index (κ3) is 4.35. The van der Waals surface area contributed by atoms with Crippen LogP contribution in [0.1, 0.15) is 56.9 Å². The van der Waals surface area contributed by atoms with E-state index in [9.17, 15) is 19.7 Å². The molecule has 1 atom stereocenters. The smallest absolute Gasteiger partial charge is 0.336 e. The fraction of sp³-hybridized carbons (Fsp3) is 0.500. The Hall–Kier alpha value is -2.70. The molecule has 1 amide bonds. The van der Waals surface area contributed by atoms with Crippen LogP contribution >= 0.6 is 0 Å². The van der Waals surface area contributed by atoms with Gasteiger partial charge in [-0.2, -0.15) is 0 Å². The number of allylic oxidation sites excluding steroid dienone is 1. The number of ether oxygens (including phenoxy) is 1. The monoisotopic (exact) mass is 372 g/mol. The number of nitro benzene ring substituents is 1. The average molecular weight is 372 g/mol. The summed E-state index contributed by atoms with van der Waals surface area (Å²) in [5, 5.41) is 14.1. The van der Waals surface area contributed by atoms with Crippen molar-refractivity contribution in [2.24, 2.45) is 5.92 Å². The van der Waals surface area contributed by atoms with Crippen molar-refractivity contribution in [3.05, 3.63) is 51.2 Å². The zero-order chi connectivity index (χ0) is 19.4. The van der Waals surface area contributed by atoms with Crippen LogP contribution in [0, 0.1) is 16.0 Å². The number of benzene rings is 1. The molecule has 1 fully saturated rings. The maximum Gasteiger partial charge on any atom is 0.336 e. The molecule has 0 bridgehead atoms. The van der Waals surface area contributed by atoms with Gasteiger partial charge in [0.2, 0.25) is 5.91 Å². The van der Waals surface area contributed by atoms with Gasteiger partial charge in [0.05, 0.1) is 17.1 Å². The topological polar surface area (TPSA) is 98.5 Å². The van der Waals surface area contributed by atoms with Gasteiger partial charge in [0.1, 0.15) is 0 Å². The van der Waals surface area contributed by atoms with Crippen molar-refractivity contribution in [3.8, 4) is 0 Å². The summed E-state index contributed by atoms with van der Waals surface area (Å²) in [5.41, 5.74) is 0.978. The van der Waals surface area contributed by atoms with Crippen LogP contribution in [0.5, 0.6) is 0 Å². The fourth-order valence-electron chi connectivity index (χ4n) is 4.01. The Balaban J connectivity index is 1.86. The van der Waals surface area contributed by atoms with Crippen LogP contribution in [-0.4, -0.2) is 23.4 Å². The van der Waals surface area contributed by atoms with Gasteiger partial charge < -0.3 is 10.1 Å². The van der Waals surface area contributed by atoms with Crippen LogP contribution in [0.15, 0.2) is 35.5 Å². The molecule has 7 heteroatoms. The highest BCUT2D eigenvalue weighted by molar-refractivity contribution is 5.96. The minimum Gasteiger partial charge on any atom is -0.462 e. The summed E-state index contributed by atoms with van der Waals surface area (Å²) in [6, 6.07) is 6.24. The van der Waals surface area contributed by atoms with E-state index >= 15 is 0 Å². The first kappa shape index (κ1) is 19.1. The van der Waals surface area contributed by atoms with Gasteiger partial charge in [0.15, 0.2) is 0 Å². The van der Waals surface area contributed by atoms with Gasteiger partial charge in [-0.05, 0) is 25.7 Å². The molecule has 3 rings (SSSR count). The summed E-state index contributed by atoms with van der Waals surface area (Å²) in [6.45, 7) is 1.99. The summed E-state index contributed by atoms with van der Waals surface area (Å²) in [4.78, 5) is 35.8. The number of rotatable bonds is 5. The average Bonchev–Trinajstić information content (AvgIpc) is 2.66. The molecule has 0 aromatic heterocycles. The number of amides is 1. The van der Waals surface area contributed by atoms with Crippen molar-refractivity contribution in [2.75, 3.05) is 6.61 Å². The minimum absolute atomic E-state index is 0.0178. The van der Waals surface area contributed by atoms with E-state index in [1.165, 1.54) is 12.5 Å². The van der Waals surface area contributed by atoms with E-state index in [2.05, 4.69) is 5.32 Å². The lowest BCUT2D eigenvalue weighted by atomic mass is 9.83. The van der Waals surface area contributed by atoms with Gasteiger partial charge in [0, 0.05) is 29.7 Å². The van der Waals surface area contributed by atoms with E-state index in [0.29, 0.717) is 29.4 Å². The Labute approximate surface area is 157 Å². The maximum absolute atomic E-state index is 12.8. The van der Waals surface area contributed by atoms with Crippen LogP contribution in [-0.2, 0) is 14.3 Å². The summed E-state index contributed by atoms with van der Waals surface area (Å²) in [5.74, 6) is -1.08. The second-order valence-corrected chi connectivity index (χ2v) is 7.26. The van der Waals surface area contributed by atoms with Crippen molar-refractivity contribution in [2.45, 2.75) is 51.4 Å². The molecule has 7 nitrogen and oxygen atoms in total. The Morgan fingerprint density at radius 3 is 2.67 bits per heavy atom. The number of carbonyl (C=O) groups excluding carboxylic acids is 2. The first-order valence-electron chi connectivity index (χ1n) is 9.38. The van der Waals surface area contributed by atoms with Crippen LogP contribution in [0.3, 0.4) is 0 Å². The number of esters is 1. The molecular formula is C20H24N2O5. The Bertz CT molecular complexity index is 780. The van der Waals surface area contributed by atoms with Crippen LogP contribution in [0.4, 0.5) is 5.69 Å². The van der Waals surface area contributed by atoms with E-state index in [1.807, 2.05) is 0 Å². The van der Waals surface area contributed by atoms with Crippen molar-refractivity contribution < 1.29 is 19.2 Å². The quantitative estimate of drug-likeness (QED) is 0.484. The number of nitrogens with one attached hydrogen (secondary N) is 1. The fourth-order valence-corrected chi connectivity index (χ4v) is 4.01. The first-order valence-corrected chi connectivity index (χ1v) is 9.38. The highest BCUT2D eigenvalue weighted by Gasteiger charge is 2.36. The molecule has 1 unspecified atom stereocenters. The SMILES string of the molecule is CC1=C(C(=O)OCC2CCCCC2)C(c2ccccc2[N+](=O)[O-])CC(=O)N1. The highest BCUT2D eigenvalue weighted by Crippen LogP contribution is 2.38. The summed E-state index contributed by atoms with van der Waals surface area (Å²) in [6.07, 6.45) is 5.61. The van der Waals surface area contributed by atoms with E-state index < -0.39 is 16.8 Å². The molecule has 27 heavy (non-hydrogen) atoms. The third-order valence-electron chi connectivity index (χ3n) is 5.37. The number of nitro groups is 1. The number of carbonyl (C=O) groups is 2. The van der Waals surface area contributed by atoms with Crippen LogP contribution in [0.2, 0.25) is 0 Å². The van der Waals surface area contributed by atoms with Crippen LogP contribution in [0.25, 0.3) is 0 Å². The predicted molar refractivity (Wildman–Crippen MR) is 98.8 cm³/mol. The van der Waals surface area contributed by atoms with E-state index in [-0.39, 0.29) is 18.0 Å². The van der Waals surface area contributed by atoms with Gasteiger partial charge in [-0.25, -0.2) is 4.79 Å². The van der Waals surface area contributed by atoms with Gasteiger partial charge >= 0.3 is 5.97 Å². The molecule has 1 heterocycles.